The quantitative estimate of drug-likeness (QED) is 0.814. The van der Waals surface area contributed by atoms with Gasteiger partial charge in [-0.05, 0) is 44.2 Å². The van der Waals surface area contributed by atoms with Crippen molar-refractivity contribution in [3.05, 3.63) is 24.2 Å². The van der Waals surface area contributed by atoms with Gasteiger partial charge in [-0.3, -0.25) is 0 Å². The van der Waals surface area contributed by atoms with Gasteiger partial charge in [0.15, 0.2) is 5.65 Å². The Kier molecular flexibility index (Phi) is 2.36. The standard InChI is InChI=1S/C14H17N3O/c1-2-9-18-12(5-1)14-16-11-4-3-8-15-13(11)17(14)10-6-7-10/h3-4,8,10,12H,1-2,5-7,9H2. The Hall–Kier alpha value is -1.42. The third-order valence-electron chi connectivity index (χ3n) is 3.86. The van der Waals surface area contributed by atoms with E-state index in [0.29, 0.717) is 6.04 Å². The Morgan fingerprint density at radius 1 is 1.22 bits per heavy atom. The van der Waals surface area contributed by atoms with Crippen LogP contribution in [0.5, 0.6) is 0 Å². The largest absolute Gasteiger partial charge is 0.370 e. The molecule has 0 spiro atoms. The van der Waals surface area contributed by atoms with E-state index in [1.807, 2.05) is 18.3 Å². The number of rotatable bonds is 2. The third kappa shape index (κ3) is 1.63. The number of imidazole rings is 1. The first-order valence-corrected chi connectivity index (χ1v) is 6.88. The molecule has 4 heteroatoms. The Morgan fingerprint density at radius 2 is 2.17 bits per heavy atom. The van der Waals surface area contributed by atoms with Crippen LogP contribution in [0, 0.1) is 0 Å². The van der Waals surface area contributed by atoms with Gasteiger partial charge in [-0.15, -0.1) is 0 Å². The molecule has 0 N–H and O–H groups in total. The van der Waals surface area contributed by atoms with E-state index in [4.69, 9.17) is 9.72 Å². The normalized spacial score (nSPS) is 24.6. The monoisotopic (exact) mass is 243 g/mol. The fourth-order valence-corrected chi connectivity index (χ4v) is 2.81. The SMILES string of the molecule is c1cnc2c(c1)nc(C1CCCCO1)n2C1CC1. The number of fused-ring (bicyclic) bond motifs is 1. The smallest absolute Gasteiger partial charge is 0.160 e. The molecule has 1 atom stereocenters. The molecule has 0 aromatic carbocycles. The molecule has 4 nitrogen and oxygen atoms in total. The number of hydrogen-bond acceptors (Lipinski definition) is 3. The summed E-state index contributed by atoms with van der Waals surface area (Å²) in [6.07, 6.45) is 8.05. The first kappa shape index (κ1) is 10.5. The maximum absolute atomic E-state index is 5.90. The van der Waals surface area contributed by atoms with Crippen molar-refractivity contribution in [2.45, 2.75) is 44.2 Å². The average Bonchev–Trinajstić information content (AvgIpc) is 3.19. The molecule has 0 radical (unpaired) electrons. The van der Waals surface area contributed by atoms with Crippen LogP contribution < -0.4 is 0 Å². The van der Waals surface area contributed by atoms with Crippen LogP contribution >= 0.6 is 0 Å². The van der Waals surface area contributed by atoms with E-state index in [9.17, 15) is 0 Å². The molecule has 2 fully saturated rings. The third-order valence-corrected chi connectivity index (χ3v) is 3.86. The molecule has 1 saturated heterocycles. The van der Waals surface area contributed by atoms with E-state index in [1.165, 1.54) is 25.7 Å². The highest BCUT2D eigenvalue weighted by Crippen LogP contribution is 2.41. The van der Waals surface area contributed by atoms with Crippen LogP contribution in [0.4, 0.5) is 0 Å². The molecular formula is C14H17N3O. The Balaban J connectivity index is 1.84. The molecule has 0 amide bonds. The van der Waals surface area contributed by atoms with Crippen LogP contribution in [0.1, 0.15) is 50.1 Å². The van der Waals surface area contributed by atoms with Gasteiger partial charge in [0.1, 0.15) is 17.4 Å². The second-order valence-corrected chi connectivity index (χ2v) is 5.27. The van der Waals surface area contributed by atoms with Gasteiger partial charge in [0.2, 0.25) is 0 Å². The molecule has 2 aromatic heterocycles. The van der Waals surface area contributed by atoms with E-state index >= 15 is 0 Å². The molecule has 4 rings (SSSR count). The maximum atomic E-state index is 5.90. The highest BCUT2D eigenvalue weighted by atomic mass is 16.5. The van der Waals surface area contributed by atoms with Crippen molar-refractivity contribution in [2.24, 2.45) is 0 Å². The van der Waals surface area contributed by atoms with E-state index in [1.54, 1.807) is 0 Å². The van der Waals surface area contributed by atoms with E-state index in [0.717, 1.165) is 30.0 Å². The Morgan fingerprint density at radius 3 is 2.94 bits per heavy atom. The van der Waals surface area contributed by atoms with Crippen molar-refractivity contribution in [3.8, 4) is 0 Å². The second-order valence-electron chi connectivity index (χ2n) is 5.27. The summed E-state index contributed by atoms with van der Waals surface area (Å²) in [5, 5.41) is 0. The summed E-state index contributed by atoms with van der Waals surface area (Å²) >= 11 is 0. The minimum absolute atomic E-state index is 0.175. The first-order valence-electron chi connectivity index (χ1n) is 6.88. The second kappa shape index (κ2) is 4.05. The minimum Gasteiger partial charge on any atom is -0.370 e. The summed E-state index contributed by atoms with van der Waals surface area (Å²) in [4.78, 5) is 9.28. The summed E-state index contributed by atoms with van der Waals surface area (Å²) < 4.78 is 8.23. The van der Waals surface area contributed by atoms with Gasteiger partial charge < -0.3 is 9.30 Å². The van der Waals surface area contributed by atoms with Crippen molar-refractivity contribution >= 4 is 11.2 Å². The summed E-state index contributed by atoms with van der Waals surface area (Å²) in [7, 11) is 0. The van der Waals surface area contributed by atoms with Gasteiger partial charge in [-0.2, -0.15) is 0 Å². The molecular weight excluding hydrogens is 226 g/mol. The van der Waals surface area contributed by atoms with Crippen LogP contribution in [-0.4, -0.2) is 21.1 Å². The highest BCUT2D eigenvalue weighted by Gasteiger charge is 2.32. The highest BCUT2D eigenvalue weighted by molar-refractivity contribution is 5.71. The molecule has 0 bridgehead atoms. The minimum atomic E-state index is 0.175. The number of aromatic nitrogens is 3. The predicted octanol–water partition coefficient (Wildman–Crippen LogP) is 3.01. The van der Waals surface area contributed by atoms with Gasteiger partial charge in [0.05, 0.1) is 0 Å². The molecule has 2 aromatic rings. The lowest BCUT2D eigenvalue weighted by Crippen LogP contribution is -2.16. The topological polar surface area (TPSA) is 39.9 Å². The van der Waals surface area contributed by atoms with E-state index in [-0.39, 0.29) is 6.10 Å². The number of pyridine rings is 1. The zero-order valence-electron chi connectivity index (χ0n) is 10.4. The predicted molar refractivity (Wildman–Crippen MR) is 68.3 cm³/mol. The Labute approximate surface area is 106 Å². The van der Waals surface area contributed by atoms with Gasteiger partial charge >= 0.3 is 0 Å². The van der Waals surface area contributed by atoms with Crippen LogP contribution in [0.3, 0.4) is 0 Å². The molecule has 94 valence electrons. The molecule has 1 aliphatic carbocycles. The van der Waals surface area contributed by atoms with Crippen LogP contribution in [0.15, 0.2) is 18.3 Å². The molecule has 1 unspecified atom stereocenters. The summed E-state index contributed by atoms with van der Waals surface area (Å²) in [6, 6.07) is 4.61. The van der Waals surface area contributed by atoms with Crippen molar-refractivity contribution in [1.82, 2.24) is 14.5 Å². The van der Waals surface area contributed by atoms with Gasteiger partial charge in [-0.25, -0.2) is 9.97 Å². The number of nitrogens with zero attached hydrogens (tertiary/aromatic N) is 3. The van der Waals surface area contributed by atoms with Crippen LogP contribution in [0.2, 0.25) is 0 Å². The summed E-state index contributed by atoms with van der Waals surface area (Å²) in [6.45, 7) is 0.867. The lowest BCUT2D eigenvalue weighted by molar-refractivity contribution is 0.00758. The number of hydrogen-bond donors (Lipinski definition) is 0. The van der Waals surface area contributed by atoms with Gasteiger partial charge in [0.25, 0.3) is 0 Å². The van der Waals surface area contributed by atoms with Gasteiger partial charge in [-0.1, -0.05) is 0 Å². The van der Waals surface area contributed by atoms with Crippen molar-refractivity contribution in [1.29, 1.82) is 0 Å². The molecule has 18 heavy (non-hydrogen) atoms. The molecule has 2 aliphatic rings. The fraction of sp³-hybridized carbons (Fsp3) is 0.571. The zero-order chi connectivity index (χ0) is 11.9. The summed E-state index contributed by atoms with van der Waals surface area (Å²) in [5.41, 5.74) is 2.04. The van der Waals surface area contributed by atoms with E-state index in [2.05, 4.69) is 9.55 Å². The average molecular weight is 243 g/mol. The lowest BCUT2D eigenvalue weighted by atomic mass is 10.1. The van der Waals surface area contributed by atoms with Crippen LogP contribution in [-0.2, 0) is 4.74 Å². The first-order chi connectivity index (χ1) is 8.93. The van der Waals surface area contributed by atoms with Crippen molar-refractivity contribution in [3.63, 3.8) is 0 Å². The van der Waals surface area contributed by atoms with Crippen LogP contribution in [0.25, 0.3) is 11.2 Å². The van der Waals surface area contributed by atoms with E-state index < -0.39 is 0 Å². The zero-order valence-corrected chi connectivity index (χ0v) is 10.4. The fourth-order valence-electron chi connectivity index (χ4n) is 2.81. The van der Waals surface area contributed by atoms with Crippen molar-refractivity contribution < 1.29 is 4.74 Å². The number of ether oxygens (including phenoxy) is 1. The molecule has 1 aliphatic heterocycles. The maximum Gasteiger partial charge on any atom is 0.160 e. The van der Waals surface area contributed by atoms with Gasteiger partial charge in [0, 0.05) is 18.8 Å². The summed E-state index contributed by atoms with van der Waals surface area (Å²) in [5.74, 6) is 1.10. The molecule has 1 saturated carbocycles. The Bertz CT molecular complexity index is 567. The molecule has 3 heterocycles. The van der Waals surface area contributed by atoms with Crippen molar-refractivity contribution in [2.75, 3.05) is 6.61 Å². The lowest BCUT2D eigenvalue weighted by Gasteiger charge is -2.22.